The second kappa shape index (κ2) is 11.3. The van der Waals surface area contributed by atoms with Crippen molar-refractivity contribution in [3.63, 3.8) is 0 Å². The van der Waals surface area contributed by atoms with Crippen molar-refractivity contribution in [1.29, 1.82) is 0 Å². The fraction of sp³-hybridized carbons (Fsp3) is 0.800. The maximum absolute atomic E-state index is 5.10. The molecule has 0 aromatic carbocycles. The molecule has 112 valence electrons. The van der Waals surface area contributed by atoms with Gasteiger partial charge in [-0.15, -0.1) is 0 Å². The van der Waals surface area contributed by atoms with Crippen molar-refractivity contribution in [2.45, 2.75) is 0 Å². The molecule has 0 bridgehead atoms. The Morgan fingerprint density at radius 3 is 1.16 bits per heavy atom. The standard InChI is InChI=1S/2C5H9NOS2.Ni/c2*8-5(9)6-1-3-7-4-2-6;/h2*1-4H2,(H,8,9);/q;;+2/p-2. The quantitative estimate of drug-likeness (QED) is 0.335. The van der Waals surface area contributed by atoms with Gasteiger partial charge in [0.15, 0.2) is 0 Å². The van der Waals surface area contributed by atoms with Gasteiger partial charge in [0.05, 0.1) is 26.4 Å². The van der Waals surface area contributed by atoms with Crippen LogP contribution in [0.25, 0.3) is 0 Å². The van der Waals surface area contributed by atoms with Crippen molar-refractivity contribution >= 4 is 58.3 Å². The van der Waals surface area contributed by atoms with Gasteiger partial charge in [-0.25, -0.2) is 0 Å². The van der Waals surface area contributed by atoms with E-state index in [-0.39, 0.29) is 16.5 Å². The number of hydrogen-bond acceptors (Lipinski definition) is 6. The molecule has 2 aliphatic heterocycles. The zero-order valence-electron chi connectivity index (χ0n) is 10.3. The third kappa shape index (κ3) is 8.50. The summed E-state index contributed by atoms with van der Waals surface area (Å²) in [6.07, 6.45) is 0. The van der Waals surface area contributed by atoms with Gasteiger partial charge in [0.1, 0.15) is 0 Å². The van der Waals surface area contributed by atoms with Crippen LogP contribution in [0.1, 0.15) is 0 Å². The van der Waals surface area contributed by atoms with Crippen LogP contribution in [-0.4, -0.2) is 71.0 Å². The Balaban J connectivity index is 0.000000324. The molecule has 0 atom stereocenters. The molecule has 2 heterocycles. The molecule has 2 fully saturated rings. The topological polar surface area (TPSA) is 24.9 Å². The second-order valence-corrected chi connectivity index (χ2v) is 5.79. The minimum atomic E-state index is 0. The molecule has 4 nitrogen and oxygen atoms in total. The SMILES string of the molecule is S=C([S-])N1CCOCC1.S=C([S-])N1CCOCC1.[Ni+2]. The summed E-state index contributed by atoms with van der Waals surface area (Å²) in [5, 5.41) is 0. The number of morpholine rings is 2. The summed E-state index contributed by atoms with van der Waals surface area (Å²) in [5.74, 6) is 0. The van der Waals surface area contributed by atoms with E-state index >= 15 is 0 Å². The fourth-order valence-corrected chi connectivity index (χ4v) is 2.22. The van der Waals surface area contributed by atoms with E-state index in [0.717, 1.165) is 52.6 Å². The number of hydrogen-bond donors (Lipinski definition) is 0. The molecule has 0 amide bonds. The average molecular weight is 383 g/mol. The number of thiocarbonyl (C=S) groups is 2. The molecule has 0 radical (unpaired) electrons. The van der Waals surface area contributed by atoms with E-state index in [1.54, 1.807) is 0 Å². The van der Waals surface area contributed by atoms with Crippen molar-refractivity contribution < 1.29 is 26.0 Å². The summed E-state index contributed by atoms with van der Waals surface area (Å²) in [6.45, 7) is 6.50. The first-order chi connectivity index (χ1) is 8.61. The summed E-state index contributed by atoms with van der Waals surface area (Å²) in [7, 11) is 0. The van der Waals surface area contributed by atoms with Crippen LogP contribution >= 0.6 is 24.4 Å². The normalized spacial score (nSPS) is 18.7. The van der Waals surface area contributed by atoms with E-state index < -0.39 is 0 Å². The van der Waals surface area contributed by atoms with Crippen LogP contribution in [0.3, 0.4) is 0 Å². The summed E-state index contributed by atoms with van der Waals surface area (Å²) in [6, 6.07) is 0. The maximum atomic E-state index is 5.10. The summed E-state index contributed by atoms with van der Waals surface area (Å²) >= 11 is 19.2. The number of nitrogens with zero attached hydrogens (tertiary/aromatic N) is 2. The molecule has 0 unspecified atom stereocenters. The van der Waals surface area contributed by atoms with Crippen molar-refractivity contribution in [1.82, 2.24) is 9.80 Å². The Kier molecular flexibility index (Phi) is 11.7. The van der Waals surface area contributed by atoms with Gasteiger partial charge >= 0.3 is 16.5 Å². The molecular formula is C10H16N2NiO2S4. The van der Waals surface area contributed by atoms with Gasteiger partial charge in [-0.1, -0.05) is 8.64 Å². The van der Waals surface area contributed by atoms with Crippen molar-refractivity contribution in [2.75, 3.05) is 52.6 Å². The molecule has 2 saturated heterocycles. The average Bonchev–Trinajstić information content (AvgIpc) is 2.41. The first-order valence-electron chi connectivity index (χ1n) is 5.68. The number of ether oxygens (including phenoxy) is 2. The zero-order valence-corrected chi connectivity index (χ0v) is 14.6. The Labute approximate surface area is 146 Å². The summed E-state index contributed by atoms with van der Waals surface area (Å²) in [4.78, 5) is 3.96. The minimum Gasteiger partial charge on any atom is -0.411 e. The number of rotatable bonds is 0. The van der Waals surface area contributed by atoms with Gasteiger partial charge in [0.25, 0.3) is 0 Å². The van der Waals surface area contributed by atoms with E-state index in [0.29, 0.717) is 8.64 Å². The molecule has 0 aliphatic carbocycles. The van der Waals surface area contributed by atoms with Crippen LogP contribution in [0.5, 0.6) is 0 Å². The molecule has 0 saturated carbocycles. The van der Waals surface area contributed by atoms with Gasteiger partial charge < -0.3 is 69.0 Å². The first-order valence-corrected chi connectivity index (χ1v) is 7.32. The zero-order chi connectivity index (χ0) is 13.4. The minimum absolute atomic E-state index is 0. The summed E-state index contributed by atoms with van der Waals surface area (Å²) in [5.41, 5.74) is 0. The van der Waals surface area contributed by atoms with Gasteiger partial charge in [0, 0.05) is 26.2 Å². The molecule has 2 aliphatic rings. The molecule has 19 heavy (non-hydrogen) atoms. The fourth-order valence-electron chi connectivity index (χ4n) is 1.49. The molecule has 0 N–H and O–H groups in total. The first kappa shape index (κ1) is 19.6. The van der Waals surface area contributed by atoms with Crippen molar-refractivity contribution in [3.05, 3.63) is 0 Å². The van der Waals surface area contributed by atoms with Gasteiger partial charge in [0.2, 0.25) is 0 Å². The van der Waals surface area contributed by atoms with Gasteiger partial charge in [-0.2, -0.15) is 0 Å². The van der Waals surface area contributed by atoms with Crippen molar-refractivity contribution in [3.8, 4) is 0 Å². The molecule has 0 aromatic heterocycles. The Bertz CT molecular complexity index is 257. The van der Waals surface area contributed by atoms with Crippen LogP contribution in [-0.2, 0) is 51.2 Å². The predicted molar refractivity (Wildman–Crippen MR) is 84.7 cm³/mol. The molecular weight excluding hydrogens is 367 g/mol. The van der Waals surface area contributed by atoms with Gasteiger partial charge in [-0.3, -0.25) is 0 Å². The molecule has 0 aromatic rings. The smallest absolute Gasteiger partial charge is 0.411 e. The maximum Gasteiger partial charge on any atom is 2.00 e. The van der Waals surface area contributed by atoms with E-state index in [1.807, 2.05) is 9.80 Å². The third-order valence-corrected chi connectivity index (χ3v) is 3.57. The van der Waals surface area contributed by atoms with Crippen molar-refractivity contribution in [2.24, 2.45) is 0 Å². The van der Waals surface area contributed by atoms with Crippen LogP contribution in [0.2, 0.25) is 0 Å². The van der Waals surface area contributed by atoms with Crippen LogP contribution in [0.15, 0.2) is 0 Å². The van der Waals surface area contributed by atoms with Gasteiger partial charge in [-0.05, 0) is 0 Å². The second-order valence-electron chi connectivity index (χ2n) is 3.73. The largest absolute Gasteiger partial charge is 2.00 e. The summed E-state index contributed by atoms with van der Waals surface area (Å²) < 4.78 is 11.3. The predicted octanol–water partition coefficient (Wildman–Crippen LogP) is 0.298. The van der Waals surface area contributed by atoms with E-state index in [4.69, 9.17) is 59.2 Å². The molecule has 2 rings (SSSR count). The molecule has 9 heteroatoms. The van der Waals surface area contributed by atoms with Crippen LogP contribution in [0, 0.1) is 0 Å². The van der Waals surface area contributed by atoms with Crippen LogP contribution in [0.4, 0.5) is 0 Å². The van der Waals surface area contributed by atoms with E-state index in [2.05, 4.69) is 0 Å². The van der Waals surface area contributed by atoms with Crippen LogP contribution < -0.4 is 0 Å². The molecule has 0 spiro atoms. The monoisotopic (exact) mass is 382 g/mol. The Hall–Kier alpha value is 0.634. The van der Waals surface area contributed by atoms with E-state index in [9.17, 15) is 0 Å². The van der Waals surface area contributed by atoms with E-state index in [1.165, 1.54) is 0 Å². The third-order valence-electron chi connectivity index (χ3n) is 2.54. The Morgan fingerprint density at radius 1 is 0.737 bits per heavy atom. The Morgan fingerprint density at radius 2 is 1.00 bits per heavy atom.